The van der Waals surface area contributed by atoms with E-state index in [1.54, 1.807) is 19.2 Å². The molecule has 0 heterocycles. The molecule has 0 unspecified atom stereocenters. The number of ether oxygens (including phenoxy) is 2. The number of hydrogen-bond acceptors (Lipinski definition) is 3. The second-order valence-electron chi connectivity index (χ2n) is 5.60. The lowest BCUT2D eigenvalue weighted by molar-refractivity contribution is -0.153. The molecule has 0 saturated carbocycles. The molecule has 0 bridgehead atoms. The zero-order valence-electron chi connectivity index (χ0n) is 14.6. The van der Waals surface area contributed by atoms with Crippen LogP contribution in [0.25, 0.3) is 0 Å². The molecule has 1 aliphatic carbocycles. The predicted octanol–water partition coefficient (Wildman–Crippen LogP) is 3.64. The maximum atomic E-state index is 12.3. The van der Waals surface area contributed by atoms with Crippen molar-refractivity contribution in [3.05, 3.63) is 35.9 Å². The number of nitrogens with one attached hydrogen (secondary N) is 2. The minimum atomic E-state index is -4.39. The monoisotopic (exact) mass is 485 g/mol. The average Bonchev–Trinajstić information content (AvgIpc) is 3.09. The van der Waals surface area contributed by atoms with E-state index in [9.17, 15) is 13.2 Å². The largest absolute Gasteiger partial charge is 0.493 e. The molecule has 2 N–H and O–H groups in total. The SMILES string of the molecule is CN=C(NCc1ccc(OCC(F)(F)F)c(OC)c1)NC1CC=CC1.I. The molecule has 0 amide bonds. The molecule has 2 rings (SSSR count). The second kappa shape index (κ2) is 10.5. The topological polar surface area (TPSA) is 54.9 Å². The van der Waals surface area contributed by atoms with Crippen LogP contribution in [0.4, 0.5) is 13.2 Å². The number of benzene rings is 1. The third kappa shape index (κ3) is 7.30. The van der Waals surface area contributed by atoms with E-state index in [1.165, 1.54) is 13.2 Å². The van der Waals surface area contributed by atoms with Crippen LogP contribution in [0, 0.1) is 0 Å². The van der Waals surface area contributed by atoms with Gasteiger partial charge >= 0.3 is 6.18 Å². The summed E-state index contributed by atoms with van der Waals surface area (Å²) in [5.41, 5.74) is 0.837. The predicted molar refractivity (Wildman–Crippen MR) is 105 cm³/mol. The summed E-state index contributed by atoms with van der Waals surface area (Å²) in [6.45, 7) is -0.900. The van der Waals surface area contributed by atoms with Gasteiger partial charge in [-0.1, -0.05) is 18.2 Å². The zero-order valence-corrected chi connectivity index (χ0v) is 16.9. The van der Waals surface area contributed by atoms with Crippen molar-refractivity contribution in [3.63, 3.8) is 0 Å². The number of rotatable bonds is 6. The van der Waals surface area contributed by atoms with Crippen molar-refractivity contribution in [3.8, 4) is 11.5 Å². The second-order valence-corrected chi connectivity index (χ2v) is 5.60. The first kappa shape index (κ1) is 22.4. The van der Waals surface area contributed by atoms with E-state index in [1.807, 2.05) is 0 Å². The van der Waals surface area contributed by atoms with Gasteiger partial charge in [0.05, 0.1) is 7.11 Å². The Hall–Kier alpha value is -1.65. The van der Waals surface area contributed by atoms with E-state index in [0.29, 0.717) is 18.5 Å². The molecule has 0 saturated heterocycles. The Morgan fingerprint density at radius 3 is 2.50 bits per heavy atom. The minimum Gasteiger partial charge on any atom is -0.493 e. The van der Waals surface area contributed by atoms with E-state index in [0.717, 1.165) is 18.4 Å². The molecular formula is C17H23F3IN3O2. The molecule has 1 aliphatic rings. The van der Waals surface area contributed by atoms with Crippen molar-refractivity contribution in [2.24, 2.45) is 4.99 Å². The smallest absolute Gasteiger partial charge is 0.422 e. The van der Waals surface area contributed by atoms with Gasteiger partial charge in [-0.2, -0.15) is 13.2 Å². The molecule has 26 heavy (non-hydrogen) atoms. The third-order valence-electron chi connectivity index (χ3n) is 3.65. The highest BCUT2D eigenvalue weighted by Crippen LogP contribution is 2.29. The van der Waals surface area contributed by atoms with Crippen LogP contribution in [0.3, 0.4) is 0 Å². The van der Waals surface area contributed by atoms with Crippen LogP contribution in [-0.2, 0) is 6.54 Å². The molecule has 146 valence electrons. The highest BCUT2D eigenvalue weighted by Gasteiger charge is 2.29. The van der Waals surface area contributed by atoms with Gasteiger partial charge in [0.2, 0.25) is 0 Å². The van der Waals surface area contributed by atoms with Crippen molar-refractivity contribution in [1.82, 2.24) is 10.6 Å². The molecule has 0 aromatic heterocycles. The number of alkyl halides is 3. The highest BCUT2D eigenvalue weighted by atomic mass is 127. The van der Waals surface area contributed by atoms with Crippen molar-refractivity contribution in [2.45, 2.75) is 31.6 Å². The van der Waals surface area contributed by atoms with Crippen LogP contribution in [0.15, 0.2) is 35.3 Å². The van der Waals surface area contributed by atoms with Gasteiger partial charge < -0.3 is 20.1 Å². The van der Waals surface area contributed by atoms with E-state index in [-0.39, 0.29) is 35.5 Å². The summed E-state index contributed by atoms with van der Waals surface area (Å²) < 4.78 is 46.7. The van der Waals surface area contributed by atoms with Crippen LogP contribution in [0.1, 0.15) is 18.4 Å². The molecule has 9 heteroatoms. The quantitative estimate of drug-likeness (QED) is 0.280. The van der Waals surface area contributed by atoms with Gasteiger partial charge in [0.1, 0.15) is 0 Å². The summed E-state index contributed by atoms with van der Waals surface area (Å²) in [6.07, 6.45) is 1.77. The molecular weight excluding hydrogens is 462 g/mol. The van der Waals surface area contributed by atoms with E-state index >= 15 is 0 Å². The fourth-order valence-corrected chi connectivity index (χ4v) is 2.41. The zero-order chi connectivity index (χ0) is 18.3. The van der Waals surface area contributed by atoms with Gasteiger partial charge in [-0.15, -0.1) is 24.0 Å². The Morgan fingerprint density at radius 1 is 1.23 bits per heavy atom. The van der Waals surface area contributed by atoms with Crippen molar-refractivity contribution in [2.75, 3.05) is 20.8 Å². The molecule has 5 nitrogen and oxygen atoms in total. The lowest BCUT2D eigenvalue weighted by atomic mass is 10.2. The van der Waals surface area contributed by atoms with E-state index in [4.69, 9.17) is 9.47 Å². The molecule has 0 spiro atoms. The fourth-order valence-electron chi connectivity index (χ4n) is 2.41. The number of hydrogen-bond donors (Lipinski definition) is 2. The van der Waals surface area contributed by atoms with Gasteiger partial charge in [-0.05, 0) is 30.5 Å². The van der Waals surface area contributed by atoms with Gasteiger partial charge in [0, 0.05) is 19.6 Å². The van der Waals surface area contributed by atoms with E-state index in [2.05, 4.69) is 27.8 Å². The van der Waals surface area contributed by atoms with Crippen LogP contribution in [0.2, 0.25) is 0 Å². The van der Waals surface area contributed by atoms with Crippen LogP contribution < -0.4 is 20.1 Å². The number of methoxy groups -OCH3 is 1. The van der Waals surface area contributed by atoms with Gasteiger partial charge in [-0.3, -0.25) is 4.99 Å². The molecule has 1 aromatic rings. The number of nitrogens with zero attached hydrogens (tertiary/aromatic N) is 1. The lowest BCUT2D eigenvalue weighted by Crippen LogP contribution is -2.42. The highest BCUT2D eigenvalue weighted by molar-refractivity contribution is 14.0. The molecule has 1 aromatic carbocycles. The Bertz CT molecular complexity index is 628. The summed E-state index contributed by atoms with van der Waals surface area (Å²) in [5, 5.41) is 6.48. The standard InChI is InChI=1S/C17H22F3N3O2.HI/c1-21-16(23-13-5-3-4-6-13)22-10-12-7-8-14(15(9-12)24-2)25-11-17(18,19)20;/h3-4,7-9,13H,5-6,10-11H2,1-2H3,(H2,21,22,23);1H. The van der Waals surface area contributed by atoms with Crippen LogP contribution in [-0.4, -0.2) is 38.9 Å². The number of guanidine groups is 1. The van der Waals surface area contributed by atoms with Gasteiger partial charge in [0.25, 0.3) is 0 Å². The Balaban J connectivity index is 0.00000338. The Kier molecular flexibility index (Phi) is 9.03. The van der Waals surface area contributed by atoms with Crippen LogP contribution in [0.5, 0.6) is 11.5 Å². The van der Waals surface area contributed by atoms with Gasteiger partial charge in [0.15, 0.2) is 24.1 Å². The Labute approximate surface area is 168 Å². The fraction of sp³-hybridized carbons (Fsp3) is 0.471. The summed E-state index contributed by atoms with van der Waals surface area (Å²) in [5.74, 6) is 0.986. The normalized spacial score (nSPS) is 14.7. The van der Waals surface area contributed by atoms with Crippen molar-refractivity contribution < 1.29 is 22.6 Å². The van der Waals surface area contributed by atoms with Gasteiger partial charge in [-0.25, -0.2) is 0 Å². The summed E-state index contributed by atoms with van der Waals surface area (Å²) in [4.78, 5) is 4.17. The van der Waals surface area contributed by atoms with Crippen molar-refractivity contribution >= 4 is 29.9 Å². The summed E-state index contributed by atoms with van der Waals surface area (Å²) >= 11 is 0. The number of halogens is 4. The summed E-state index contributed by atoms with van der Waals surface area (Å²) in [6, 6.07) is 5.13. The first-order valence-electron chi connectivity index (χ1n) is 7.90. The summed E-state index contributed by atoms with van der Waals surface area (Å²) in [7, 11) is 3.08. The molecule has 0 atom stereocenters. The van der Waals surface area contributed by atoms with Crippen LogP contribution >= 0.6 is 24.0 Å². The lowest BCUT2D eigenvalue weighted by Gasteiger charge is -2.17. The number of aliphatic imine (C=N–C) groups is 1. The third-order valence-corrected chi connectivity index (χ3v) is 3.65. The van der Waals surface area contributed by atoms with Crippen molar-refractivity contribution in [1.29, 1.82) is 0 Å². The average molecular weight is 485 g/mol. The molecule has 0 aliphatic heterocycles. The first-order valence-corrected chi connectivity index (χ1v) is 7.90. The maximum Gasteiger partial charge on any atom is 0.422 e. The Morgan fingerprint density at radius 2 is 1.92 bits per heavy atom. The maximum absolute atomic E-state index is 12.3. The molecule has 0 radical (unpaired) electrons. The first-order chi connectivity index (χ1) is 11.9. The molecule has 0 fully saturated rings. The van der Waals surface area contributed by atoms with E-state index < -0.39 is 12.8 Å². The minimum absolute atomic E-state index is 0.